The molecule has 0 aliphatic rings. The highest BCUT2D eigenvalue weighted by atomic mass is 16.5. The van der Waals surface area contributed by atoms with Crippen LogP contribution < -0.4 is 9.47 Å². The molecule has 3 rings (SSSR count). The molecule has 0 aromatic heterocycles. The lowest BCUT2D eigenvalue weighted by Crippen LogP contribution is -1.92. The van der Waals surface area contributed by atoms with Crippen molar-refractivity contribution in [2.75, 3.05) is 0 Å². The molecule has 3 aromatic carbocycles. The monoisotopic (exact) mass is 380 g/mol. The lowest BCUT2D eigenvalue weighted by Gasteiger charge is -2.08. The van der Waals surface area contributed by atoms with Crippen LogP contribution in [0, 0.1) is 26.2 Å². The van der Waals surface area contributed by atoms with Crippen LogP contribution in [-0.2, 0) is 0 Å². The number of hydrogen-bond acceptors (Lipinski definition) is 2. The van der Waals surface area contributed by atoms with Gasteiger partial charge in [-0.1, -0.05) is 53.6 Å². The molecule has 3 aromatic rings. The van der Waals surface area contributed by atoms with E-state index in [1.54, 1.807) is 0 Å². The summed E-state index contributed by atoms with van der Waals surface area (Å²) in [6, 6.07) is 23.8. The third-order valence-corrected chi connectivity index (χ3v) is 4.44. The zero-order chi connectivity index (χ0) is 20.6. The van der Waals surface area contributed by atoms with Crippen LogP contribution in [0.5, 0.6) is 17.2 Å². The summed E-state index contributed by atoms with van der Waals surface area (Å²) < 4.78 is 11.6. The van der Waals surface area contributed by atoms with Crippen LogP contribution in [0.2, 0.25) is 0 Å². The van der Waals surface area contributed by atoms with E-state index in [1.165, 1.54) is 11.1 Å². The van der Waals surface area contributed by atoms with E-state index in [4.69, 9.17) is 15.9 Å². The smallest absolute Gasteiger partial charge is 0.177 e. The molecule has 0 amide bonds. The molecule has 2 nitrogen and oxygen atoms in total. The molecule has 0 heterocycles. The minimum Gasteiger partial charge on any atom is -0.457 e. The molecule has 0 aliphatic carbocycles. The second kappa shape index (κ2) is 9.48. The number of aryl methyl sites for hydroxylation is 2. The van der Waals surface area contributed by atoms with E-state index >= 15 is 0 Å². The molecule has 2 heteroatoms. The second-order valence-electron chi connectivity index (χ2n) is 6.88. The highest BCUT2D eigenvalue weighted by molar-refractivity contribution is 5.66. The van der Waals surface area contributed by atoms with Crippen molar-refractivity contribution < 1.29 is 9.47 Å². The van der Waals surface area contributed by atoms with Crippen LogP contribution in [0.15, 0.2) is 90.7 Å². The largest absolute Gasteiger partial charge is 0.457 e. The standard InChI is InChI=1S/C27H24O2/c1-5-24(28-25-13-6-20(2)7-14-25)17-10-22(4)23-11-18-27(19-12-23)29-26-15-8-21(3)9-16-26/h1,6-19H,2-4H3/b22-10+,24-17+. The zero-order valence-electron chi connectivity index (χ0n) is 17.0. The predicted molar refractivity (Wildman–Crippen MR) is 120 cm³/mol. The van der Waals surface area contributed by atoms with Gasteiger partial charge >= 0.3 is 0 Å². The molecule has 0 aliphatic heterocycles. The Hall–Kier alpha value is -3.70. The van der Waals surface area contributed by atoms with Gasteiger partial charge in [0.25, 0.3) is 0 Å². The van der Waals surface area contributed by atoms with Gasteiger partial charge in [-0.25, -0.2) is 0 Å². The van der Waals surface area contributed by atoms with E-state index in [0.29, 0.717) is 5.76 Å². The molecule has 0 atom stereocenters. The Balaban J connectivity index is 1.68. The molecule has 0 saturated heterocycles. The Labute approximate surface area is 173 Å². The molecule has 0 fully saturated rings. The van der Waals surface area contributed by atoms with Gasteiger partial charge in [0.1, 0.15) is 17.2 Å². The SMILES string of the molecule is C#C/C(=C\C=C(/C)c1ccc(Oc2ccc(C)cc2)cc1)Oc1ccc(C)cc1. The summed E-state index contributed by atoms with van der Waals surface area (Å²) in [4.78, 5) is 0. The Bertz CT molecular complexity index is 1050. The molecule has 0 spiro atoms. The average molecular weight is 380 g/mol. The van der Waals surface area contributed by atoms with Crippen LogP contribution in [0.1, 0.15) is 23.6 Å². The summed E-state index contributed by atoms with van der Waals surface area (Å²) in [5.41, 5.74) is 4.55. The maximum atomic E-state index is 5.88. The van der Waals surface area contributed by atoms with Gasteiger partial charge in [0.2, 0.25) is 0 Å². The molecular weight excluding hydrogens is 356 g/mol. The maximum absolute atomic E-state index is 5.88. The van der Waals surface area contributed by atoms with Crippen LogP contribution in [0.25, 0.3) is 5.57 Å². The average Bonchev–Trinajstić information content (AvgIpc) is 2.74. The van der Waals surface area contributed by atoms with Crippen LogP contribution in [0.3, 0.4) is 0 Å². The normalized spacial score (nSPS) is 11.7. The van der Waals surface area contributed by atoms with Crippen molar-refractivity contribution in [3.8, 4) is 29.6 Å². The first kappa shape index (κ1) is 20.0. The number of benzene rings is 3. The summed E-state index contributed by atoms with van der Waals surface area (Å²) in [6.45, 7) is 6.12. The molecule has 144 valence electrons. The molecule has 0 radical (unpaired) electrons. The van der Waals surface area contributed by atoms with Crippen molar-refractivity contribution in [1.29, 1.82) is 0 Å². The summed E-state index contributed by atoms with van der Waals surface area (Å²) in [7, 11) is 0. The molecule has 0 bridgehead atoms. The van der Waals surface area contributed by atoms with Gasteiger partial charge in [-0.15, -0.1) is 6.42 Å². The van der Waals surface area contributed by atoms with E-state index in [0.717, 1.165) is 28.4 Å². The summed E-state index contributed by atoms with van der Waals surface area (Å²) in [6.07, 6.45) is 9.36. The first-order valence-corrected chi connectivity index (χ1v) is 9.48. The van der Waals surface area contributed by atoms with Gasteiger partial charge in [-0.05, 0) is 80.3 Å². The van der Waals surface area contributed by atoms with Crippen molar-refractivity contribution in [3.05, 3.63) is 107 Å². The second-order valence-corrected chi connectivity index (χ2v) is 6.88. The molecule has 0 N–H and O–H groups in total. The molecule has 0 saturated carbocycles. The fraction of sp³-hybridized carbons (Fsp3) is 0.111. The number of rotatable bonds is 6. The third kappa shape index (κ3) is 5.89. The summed E-state index contributed by atoms with van der Waals surface area (Å²) in [5, 5.41) is 0. The lowest BCUT2D eigenvalue weighted by molar-refractivity contribution is 0.450. The zero-order valence-corrected chi connectivity index (χ0v) is 17.0. The van der Waals surface area contributed by atoms with Gasteiger partial charge in [-0.3, -0.25) is 0 Å². The molecule has 29 heavy (non-hydrogen) atoms. The Morgan fingerprint density at radius 1 is 0.724 bits per heavy atom. The van der Waals surface area contributed by atoms with E-state index < -0.39 is 0 Å². The molecule has 0 unspecified atom stereocenters. The molecular formula is C27H24O2. The van der Waals surface area contributed by atoms with Gasteiger partial charge in [0, 0.05) is 0 Å². The number of terminal acetylenes is 1. The highest BCUT2D eigenvalue weighted by Crippen LogP contribution is 2.24. The van der Waals surface area contributed by atoms with Crippen LogP contribution >= 0.6 is 0 Å². The van der Waals surface area contributed by atoms with E-state index in [-0.39, 0.29) is 0 Å². The van der Waals surface area contributed by atoms with Crippen molar-refractivity contribution in [1.82, 2.24) is 0 Å². The van der Waals surface area contributed by atoms with Gasteiger partial charge < -0.3 is 9.47 Å². The highest BCUT2D eigenvalue weighted by Gasteiger charge is 2.01. The number of ether oxygens (including phenoxy) is 2. The number of hydrogen-bond donors (Lipinski definition) is 0. The van der Waals surface area contributed by atoms with Gasteiger partial charge in [-0.2, -0.15) is 0 Å². The first-order valence-electron chi connectivity index (χ1n) is 9.48. The quantitative estimate of drug-likeness (QED) is 0.258. The fourth-order valence-electron chi connectivity index (χ4n) is 2.67. The van der Waals surface area contributed by atoms with Crippen molar-refractivity contribution in [3.63, 3.8) is 0 Å². The van der Waals surface area contributed by atoms with Crippen molar-refractivity contribution in [2.24, 2.45) is 0 Å². The Kier molecular flexibility index (Phi) is 6.55. The van der Waals surface area contributed by atoms with E-state index in [9.17, 15) is 0 Å². The number of allylic oxidation sites excluding steroid dienone is 4. The van der Waals surface area contributed by atoms with E-state index in [1.807, 2.05) is 98.8 Å². The Morgan fingerprint density at radius 2 is 1.21 bits per heavy atom. The topological polar surface area (TPSA) is 18.5 Å². The van der Waals surface area contributed by atoms with Crippen LogP contribution in [0.4, 0.5) is 0 Å². The summed E-state index contributed by atoms with van der Waals surface area (Å²) >= 11 is 0. The minimum absolute atomic E-state index is 0.465. The minimum atomic E-state index is 0.465. The van der Waals surface area contributed by atoms with E-state index in [2.05, 4.69) is 12.8 Å². The fourth-order valence-corrected chi connectivity index (χ4v) is 2.67. The van der Waals surface area contributed by atoms with Gasteiger partial charge in [0.05, 0.1) is 0 Å². The van der Waals surface area contributed by atoms with Crippen LogP contribution in [-0.4, -0.2) is 0 Å². The van der Waals surface area contributed by atoms with Gasteiger partial charge in [0.15, 0.2) is 5.76 Å². The Morgan fingerprint density at radius 3 is 1.72 bits per heavy atom. The third-order valence-electron chi connectivity index (χ3n) is 4.44. The maximum Gasteiger partial charge on any atom is 0.177 e. The van der Waals surface area contributed by atoms with Crippen molar-refractivity contribution in [2.45, 2.75) is 20.8 Å². The predicted octanol–water partition coefficient (Wildman–Crippen LogP) is 7.10. The lowest BCUT2D eigenvalue weighted by atomic mass is 10.1. The summed E-state index contributed by atoms with van der Waals surface area (Å²) in [5.74, 6) is 5.40. The first-order chi connectivity index (χ1) is 14.0. The van der Waals surface area contributed by atoms with Crippen molar-refractivity contribution >= 4 is 5.57 Å².